The maximum atomic E-state index is 13.4. The molecular formula is C23H23F2N2O+. The fourth-order valence-electron chi connectivity index (χ4n) is 3.09. The Balaban J connectivity index is 1.66. The third-order valence-corrected chi connectivity index (χ3v) is 4.70. The highest BCUT2D eigenvalue weighted by Gasteiger charge is 2.19. The largest absolute Gasteiger partial charge is 0.340 e. The first-order chi connectivity index (χ1) is 13.5. The van der Waals surface area contributed by atoms with Crippen LogP contribution in [0.25, 0.3) is 0 Å². The summed E-state index contributed by atoms with van der Waals surface area (Å²) < 4.78 is 26.5. The average molecular weight is 381 g/mol. The van der Waals surface area contributed by atoms with Crippen LogP contribution in [0, 0.1) is 11.6 Å². The summed E-state index contributed by atoms with van der Waals surface area (Å²) in [7, 11) is 0. The maximum absolute atomic E-state index is 13.4. The van der Waals surface area contributed by atoms with Gasteiger partial charge in [0.25, 0.3) is 5.91 Å². The molecule has 1 amide bonds. The van der Waals surface area contributed by atoms with E-state index >= 15 is 0 Å². The van der Waals surface area contributed by atoms with Gasteiger partial charge in [-0.05, 0) is 36.2 Å². The minimum absolute atomic E-state index is 0.132. The van der Waals surface area contributed by atoms with E-state index in [0.717, 1.165) is 17.2 Å². The first kappa shape index (κ1) is 19.7. The zero-order valence-electron chi connectivity index (χ0n) is 15.6. The number of amides is 1. The third-order valence-electron chi connectivity index (χ3n) is 4.70. The lowest BCUT2D eigenvalue weighted by atomic mass is 9.99. The van der Waals surface area contributed by atoms with Crippen molar-refractivity contribution < 1.29 is 18.9 Å². The van der Waals surface area contributed by atoms with E-state index in [1.54, 1.807) is 5.32 Å². The fraction of sp³-hybridized carbons (Fsp3) is 0.174. The Labute approximate surface area is 163 Å². The van der Waals surface area contributed by atoms with Gasteiger partial charge in [0, 0.05) is 5.56 Å². The molecule has 0 saturated carbocycles. The SMILES string of the molecule is C[C@H]([NH2+]CC(=O)NC(c1ccccc1)c1ccccc1)c1ccc(F)c(F)c1. The van der Waals surface area contributed by atoms with Crippen molar-refractivity contribution in [1.82, 2.24) is 5.32 Å². The molecule has 3 aromatic carbocycles. The highest BCUT2D eigenvalue weighted by molar-refractivity contribution is 5.77. The van der Waals surface area contributed by atoms with Crippen molar-refractivity contribution in [2.24, 2.45) is 0 Å². The monoisotopic (exact) mass is 381 g/mol. The van der Waals surface area contributed by atoms with Crippen LogP contribution in [0.1, 0.15) is 35.7 Å². The Morgan fingerprint density at radius 1 is 0.857 bits per heavy atom. The summed E-state index contributed by atoms with van der Waals surface area (Å²) in [4.78, 5) is 12.6. The molecule has 144 valence electrons. The molecule has 0 aromatic heterocycles. The first-order valence-corrected chi connectivity index (χ1v) is 9.22. The summed E-state index contributed by atoms with van der Waals surface area (Å²) in [5.74, 6) is -1.88. The standard InChI is InChI=1S/C23H22F2N2O/c1-16(19-12-13-20(24)21(25)14-19)26-15-22(28)27-23(17-8-4-2-5-9-17)18-10-6-3-7-11-18/h2-14,16,23,26H,15H2,1H3,(H,27,28)/p+1/t16-/m0/s1. The highest BCUT2D eigenvalue weighted by atomic mass is 19.2. The summed E-state index contributed by atoms with van der Waals surface area (Å²) in [5, 5.41) is 4.87. The van der Waals surface area contributed by atoms with E-state index in [4.69, 9.17) is 0 Å². The minimum Gasteiger partial charge on any atom is -0.340 e. The van der Waals surface area contributed by atoms with Crippen LogP contribution in [-0.4, -0.2) is 12.5 Å². The van der Waals surface area contributed by atoms with Crippen molar-refractivity contribution in [3.05, 3.63) is 107 Å². The molecule has 0 unspecified atom stereocenters. The van der Waals surface area contributed by atoms with Gasteiger partial charge in [0.2, 0.25) is 0 Å². The zero-order chi connectivity index (χ0) is 19.9. The van der Waals surface area contributed by atoms with E-state index in [9.17, 15) is 13.6 Å². The van der Waals surface area contributed by atoms with Crippen LogP contribution in [-0.2, 0) is 4.79 Å². The molecule has 3 N–H and O–H groups in total. The van der Waals surface area contributed by atoms with Crippen LogP contribution < -0.4 is 10.6 Å². The van der Waals surface area contributed by atoms with Gasteiger partial charge < -0.3 is 10.6 Å². The smallest absolute Gasteiger partial charge is 0.275 e. The van der Waals surface area contributed by atoms with Crippen molar-refractivity contribution in [3.63, 3.8) is 0 Å². The number of hydrogen-bond acceptors (Lipinski definition) is 1. The van der Waals surface area contributed by atoms with E-state index < -0.39 is 11.6 Å². The molecule has 3 nitrogen and oxygen atoms in total. The highest BCUT2D eigenvalue weighted by Crippen LogP contribution is 2.21. The van der Waals surface area contributed by atoms with Gasteiger partial charge in [-0.2, -0.15) is 0 Å². The zero-order valence-corrected chi connectivity index (χ0v) is 15.6. The number of rotatable bonds is 7. The van der Waals surface area contributed by atoms with Gasteiger partial charge in [-0.15, -0.1) is 0 Å². The Bertz CT molecular complexity index is 877. The molecule has 0 bridgehead atoms. The summed E-state index contributed by atoms with van der Waals surface area (Å²) in [6.07, 6.45) is 0. The van der Waals surface area contributed by atoms with Crippen molar-refractivity contribution in [2.75, 3.05) is 6.54 Å². The Morgan fingerprint density at radius 3 is 1.96 bits per heavy atom. The van der Waals surface area contributed by atoms with E-state index in [2.05, 4.69) is 5.32 Å². The van der Waals surface area contributed by atoms with Crippen LogP contribution in [0.2, 0.25) is 0 Å². The number of quaternary nitrogens is 1. The molecule has 0 saturated heterocycles. The molecular weight excluding hydrogens is 358 g/mol. The maximum Gasteiger partial charge on any atom is 0.275 e. The Morgan fingerprint density at radius 2 is 1.43 bits per heavy atom. The first-order valence-electron chi connectivity index (χ1n) is 9.22. The second kappa shape index (κ2) is 9.24. The average Bonchev–Trinajstić information content (AvgIpc) is 2.73. The molecule has 3 aromatic rings. The number of halogens is 2. The normalized spacial score (nSPS) is 12.0. The summed E-state index contributed by atoms with van der Waals surface area (Å²) >= 11 is 0. The fourth-order valence-corrected chi connectivity index (χ4v) is 3.09. The molecule has 0 aliphatic heterocycles. The summed E-state index contributed by atoms with van der Waals surface area (Å²) in [6, 6.07) is 22.9. The topological polar surface area (TPSA) is 45.7 Å². The minimum atomic E-state index is -0.879. The van der Waals surface area contributed by atoms with Crippen LogP contribution in [0.3, 0.4) is 0 Å². The predicted octanol–water partition coefficient (Wildman–Crippen LogP) is 3.50. The summed E-state index contributed by atoms with van der Waals surface area (Å²) in [5.41, 5.74) is 2.63. The predicted molar refractivity (Wildman–Crippen MR) is 104 cm³/mol. The molecule has 0 radical (unpaired) electrons. The van der Waals surface area contributed by atoms with Crippen LogP contribution in [0.15, 0.2) is 78.9 Å². The van der Waals surface area contributed by atoms with Gasteiger partial charge in [-0.3, -0.25) is 4.79 Å². The second-order valence-corrected chi connectivity index (χ2v) is 6.72. The van der Waals surface area contributed by atoms with E-state index in [0.29, 0.717) is 5.56 Å². The molecule has 0 heterocycles. The van der Waals surface area contributed by atoms with Crippen LogP contribution in [0.5, 0.6) is 0 Å². The quantitative estimate of drug-likeness (QED) is 0.647. The number of carbonyl (C=O) groups is 1. The van der Waals surface area contributed by atoms with Gasteiger partial charge in [-0.1, -0.05) is 60.7 Å². The van der Waals surface area contributed by atoms with Gasteiger partial charge in [0.1, 0.15) is 6.04 Å². The lowest BCUT2D eigenvalue weighted by Gasteiger charge is -2.20. The van der Waals surface area contributed by atoms with Crippen LogP contribution in [0.4, 0.5) is 8.78 Å². The number of nitrogens with one attached hydrogen (secondary N) is 1. The second-order valence-electron chi connectivity index (χ2n) is 6.72. The molecule has 0 aliphatic carbocycles. The molecule has 0 fully saturated rings. The van der Waals surface area contributed by atoms with E-state index in [1.165, 1.54) is 12.1 Å². The summed E-state index contributed by atoms with van der Waals surface area (Å²) in [6.45, 7) is 2.03. The molecule has 0 aliphatic rings. The van der Waals surface area contributed by atoms with Crippen molar-refractivity contribution in [3.8, 4) is 0 Å². The number of hydrogen-bond donors (Lipinski definition) is 2. The number of benzene rings is 3. The van der Waals surface area contributed by atoms with E-state index in [-0.39, 0.29) is 24.5 Å². The van der Waals surface area contributed by atoms with Gasteiger partial charge in [0.05, 0.1) is 6.04 Å². The third kappa shape index (κ3) is 5.02. The Kier molecular flexibility index (Phi) is 6.50. The number of nitrogens with two attached hydrogens (primary N) is 1. The van der Waals surface area contributed by atoms with Gasteiger partial charge >= 0.3 is 0 Å². The van der Waals surface area contributed by atoms with E-state index in [1.807, 2.05) is 67.6 Å². The molecule has 1 atom stereocenters. The lowest BCUT2D eigenvalue weighted by molar-refractivity contribution is -0.682. The van der Waals surface area contributed by atoms with Crippen LogP contribution >= 0.6 is 0 Å². The molecule has 5 heteroatoms. The van der Waals surface area contributed by atoms with Gasteiger partial charge in [-0.25, -0.2) is 8.78 Å². The molecule has 28 heavy (non-hydrogen) atoms. The van der Waals surface area contributed by atoms with Crippen molar-refractivity contribution >= 4 is 5.91 Å². The van der Waals surface area contributed by atoms with Crippen molar-refractivity contribution in [2.45, 2.75) is 19.0 Å². The lowest BCUT2D eigenvalue weighted by Crippen LogP contribution is -2.87. The number of carbonyl (C=O) groups excluding carboxylic acids is 1. The Hall–Kier alpha value is -3.05. The van der Waals surface area contributed by atoms with Gasteiger partial charge in [0.15, 0.2) is 18.2 Å². The van der Waals surface area contributed by atoms with Crippen molar-refractivity contribution in [1.29, 1.82) is 0 Å². The molecule has 3 rings (SSSR count). The molecule has 0 spiro atoms.